The van der Waals surface area contributed by atoms with Gasteiger partial charge in [0, 0.05) is 0 Å². The van der Waals surface area contributed by atoms with Gasteiger partial charge in [-0.05, 0) is 62.1 Å². The molecule has 0 aromatic heterocycles. The van der Waals surface area contributed by atoms with Gasteiger partial charge in [0.05, 0.1) is 11.5 Å². The van der Waals surface area contributed by atoms with E-state index in [0.29, 0.717) is 5.92 Å². The summed E-state index contributed by atoms with van der Waals surface area (Å²) in [5, 5.41) is 9.47. The molecule has 1 aromatic rings. The fourth-order valence-electron chi connectivity index (χ4n) is 3.00. The molecule has 90 valence electrons. The van der Waals surface area contributed by atoms with Gasteiger partial charge in [-0.2, -0.15) is 5.26 Å². The van der Waals surface area contributed by atoms with Crippen LogP contribution in [0, 0.1) is 36.5 Å². The summed E-state index contributed by atoms with van der Waals surface area (Å²) < 4.78 is 0. The molecule has 1 aromatic carbocycles. The van der Waals surface area contributed by atoms with Crippen molar-refractivity contribution in [1.29, 1.82) is 5.26 Å². The molecule has 0 aliphatic heterocycles. The highest BCUT2D eigenvalue weighted by Crippen LogP contribution is 2.43. The quantitative estimate of drug-likeness (QED) is 0.743. The van der Waals surface area contributed by atoms with E-state index in [1.807, 2.05) is 0 Å². The van der Waals surface area contributed by atoms with Crippen LogP contribution >= 0.6 is 0 Å². The molecule has 0 spiro atoms. The lowest BCUT2D eigenvalue weighted by Crippen LogP contribution is -2.17. The molecule has 1 heteroatoms. The van der Waals surface area contributed by atoms with Gasteiger partial charge < -0.3 is 0 Å². The standard InChI is InChI=1S/C16H21N/c1-12-6-7-16(9-12,11-17)10-15-5-4-13(2)14(3)8-15/h4-5,8,12H,6-7,9-10H2,1-3H3. The molecule has 0 amide bonds. The first-order chi connectivity index (χ1) is 8.04. The molecular formula is C16H21N. The van der Waals surface area contributed by atoms with Crippen LogP contribution < -0.4 is 0 Å². The average molecular weight is 227 g/mol. The fourth-order valence-corrected chi connectivity index (χ4v) is 3.00. The Morgan fingerprint density at radius 1 is 1.35 bits per heavy atom. The summed E-state index contributed by atoms with van der Waals surface area (Å²) in [6.07, 6.45) is 4.27. The van der Waals surface area contributed by atoms with Crippen LogP contribution in [-0.4, -0.2) is 0 Å². The maximum atomic E-state index is 9.47. The lowest BCUT2D eigenvalue weighted by molar-refractivity contribution is 0.391. The summed E-state index contributed by atoms with van der Waals surface area (Å²) in [7, 11) is 0. The Hall–Kier alpha value is -1.29. The van der Waals surface area contributed by atoms with Crippen molar-refractivity contribution in [2.45, 2.75) is 46.5 Å². The molecule has 17 heavy (non-hydrogen) atoms. The average Bonchev–Trinajstić information content (AvgIpc) is 2.66. The number of hydrogen-bond donors (Lipinski definition) is 0. The summed E-state index contributed by atoms with van der Waals surface area (Å²) >= 11 is 0. The molecular weight excluding hydrogens is 206 g/mol. The van der Waals surface area contributed by atoms with Crippen molar-refractivity contribution in [3.8, 4) is 6.07 Å². The van der Waals surface area contributed by atoms with E-state index in [0.717, 1.165) is 19.3 Å². The van der Waals surface area contributed by atoms with Crippen LogP contribution in [0.3, 0.4) is 0 Å². The Morgan fingerprint density at radius 2 is 2.12 bits per heavy atom. The van der Waals surface area contributed by atoms with Crippen molar-refractivity contribution < 1.29 is 0 Å². The van der Waals surface area contributed by atoms with E-state index in [2.05, 4.69) is 45.0 Å². The third-order valence-electron chi connectivity index (χ3n) is 4.21. The molecule has 1 fully saturated rings. The Labute approximate surface area is 104 Å². The molecule has 0 saturated heterocycles. The lowest BCUT2D eigenvalue weighted by Gasteiger charge is -2.21. The highest BCUT2D eigenvalue weighted by molar-refractivity contribution is 5.31. The first-order valence-electron chi connectivity index (χ1n) is 6.52. The van der Waals surface area contributed by atoms with Crippen LogP contribution in [0.1, 0.15) is 42.9 Å². The summed E-state index contributed by atoms with van der Waals surface area (Å²) in [5.74, 6) is 0.709. The lowest BCUT2D eigenvalue weighted by atomic mass is 9.80. The Bertz CT molecular complexity index is 455. The van der Waals surface area contributed by atoms with Crippen LogP contribution in [0.4, 0.5) is 0 Å². The Kier molecular flexibility index (Phi) is 3.24. The SMILES string of the molecule is Cc1ccc(CC2(C#N)CCC(C)C2)cc1C. The third-order valence-corrected chi connectivity index (χ3v) is 4.21. The molecule has 2 atom stereocenters. The highest BCUT2D eigenvalue weighted by Gasteiger charge is 2.37. The molecule has 0 heterocycles. The third kappa shape index (κ3) is 2.52. The minimum atomic E-state index is -0.0961. The van der Waals surface area contributed by atoms with Crippen molar-refractivity contribution >= 4 is 0 Å². The van der Waals surface area contributed by atoms with E-state index in [4.69, 9.17) is 0 Å². The van der Waals surface area contributed by atoms with Crippen LogP contribution in [-0.2, 0) is 6.42 Å². The molecule has 1 saturated carbocycles. The van der Waals surface area contributed by atoms with E-state index in [1.54, 1.807) is 0 Å². The van der Waals surface area contributed by atoms with Crippen molar-refractivity contribution in [2.75, 3.05) is 0 Å². The molecule has 0 radical (unpaired) electrons. The maximum Gasteiger partial charge on any atom is 0.0693 e. The highest BCUT2D eigenvalue weighted by atomic mass is 14.4. The van der Waals surface area contributed by atoms with Crippen LogP contribution in [0.2, 0.25) is 0 Å². The Balaban J connectivity index is 2.20. The van der Waals surface area contributed by atoms with Gasteiger partial charge in [0.1, 0.15) is 0 Å². The van der Waals surface area contributed by atoms with E-state index in [-0.39, 0.29) is 5.41 Å². The molecule has 2 unspecified atom stereocenters. The topological polar surface area (TPSA) is 23.8 Å². The van der Waals surface area contributed by atoms with Gasteiger partial charge in [0.15, 0.2) is 0 Å². The van der Waals surface area contributed by atoms with Crippen LogP contribution in [0.15, 0.2) is 18.2 Å². The zero-order valence-corrected chi connectivity index (χ0v) is 11.1. The second-order valence-electron chi connectivity index (χ2n) is 5.84. The molecule has 1 aliphatic rings. The summed E-state index contributed by atoms with van der Waals surface area (Å²) in [6, 6.07) is 9.20. The zero-order valence-electron chi connectivity index (χ0n) is 11.1. The van der Waals surface area contributed by atoms with Crippen LogP contribution in [0.25, 0.3) is 0 Å². The van der Waals surface area contributed by atoms with E-state index < -0.39 is 0 Å². The molecule has 2 rings (SSSR count). The predicted octanol–water partition coefficient (Wildman–Crippen LogP) is 4.18. The van der Waals surface area contributed by atoms with Gasteiger partial charge in [-0.1, -0.05) is 25.1 Å². The number of aryl methyl sites for hydroxylation is 2. The van der Waals surface area contributed by atoms with Gasteiger partial charge >= 0.3 is 0 Å². The number of nitriles is 1. The normalized spacial score (nSPS) is 28.0. The summed E-state index contributed by atoms with van der Waals surface area (Å²) in [4.78, 5) is 0. The number of benzene rings is 1. The van der Waals surface area contributed by atoms with Gasteiger partial charge in [-0.3, -0.25) is 0 Å². The van der Waals surface area contributed by atoms with Gasteiger partial charge in [0.2, 0.25) is 0 Å². The Morgan fingerprint density at radius 3 is 2.65 bits per heavy atom. The van der Waals surface area contributed by atoms with E-state index >= 15 is 0 Å². The smallest absolute Gasteiger partial charge is 0.0693 e. The predicted molar refractivity (Wildman–Crippen MR) is 70.7 cm³/mol. The summed E-state index contributed by atoms with van der Waals surface area (Å²) in [5.41, 5.74) is 3.89. The first kappa shape index (κ1) is 12.2. The van der Waals surface area contributed by atoms with Crippen molar-refractivity contribution in [1.82, 2.24) is 0 Å². The first-order valence-corrected chi connectivity index (χ1v) is 6.52. The fraction of sp³-hybridized carbons (Fsp3) is 0.562. The number of nitrogens with zero attached hydrogens (tertiary/aromatic N) is 1. The minimum Gasteiger partial charge on any atom is -0.198 e. The zero-order chi connectivity index (χ0) is 12.5. The van der Waals surface area contributed by atoms with Gasteiger partial charge in [0.25, 0.3) is 0 Å². The van der Waals surface area contributed by atoms with E-state index in [1.165, 1.54) is 23.1 Å². The number of hydrogen-bond acceptors (Lipinski definition) is 1. The van der Waals surface area contributed by atoms with Crippen molar-refractivity contribution in [2.24, 2.45) is 11.3 Å². The second-order valence-corrected chi connectivity index (χ2v) is 5.84. The van der Waals surface area contributed by atoms with Gasteiger partial charge in [-0.25, -0.2) is 0 Å². The monoisotopic (exact) mass is 227 g/mol. The van der Waals surface area contributed by atoms with Crippen molar-refractivity contribution in [3.63, 3.8) is 0 Å². The van der Waals surface area contributed by atoms with Gasteiger partial charge in [-0.15, -0.1) is 0 Å². The summed E-state index contributed by atoms with van der Waals surface area (Å²) in [6.45, 7) is 6.55. The minimum absolute atomic E-state index is 0.0961. The molecule has 0 bridgehead atoms. The van der Waals surface area contributed by atoms with Crippen LogP contribution in [0.5, 0.6) is 0 Å². The largest absolute Gasteiger partial charge is 0.198 e. The maximum absolute atomic E-state index is 9.47. The van der Waals surface area contributed by atoms with Crippen molar-refractivity contribution in [3.05, 3.63) is 34.9 Å². The number of rotatable bonds is 2. The van der Waals surface area contributed by atoms with E-state index in [9.17, 15) is 5.26 Å². The molecule has 0 N–H and O–H groups in total. The second kappa shape index (κ2) is 4.53. The molecule has 1 nitrogen and oxygen atoms in total. The molecule has 1 aliphatic carbocycles.